The molecule has 2 amide bonds. The van der Waals surface area contributed by atoms with E-state index in [2.05, 4.69) is 4.84 Å². The minimum Gasteiger partial charge on any atom is -0.331 e. The fourth-order valence-corrected chi connectivity index (χ4v) is 5.09. The van der Waals surface area contributed by atoms with Crippen molar-refractivity contribution in [3.63, 3.8) is 0 Å². The first-order chi connectivity index (χ1) is 9.14. The molecule has 0 N–H and O–H groups in total. The maximum Gasteiger partial charge on any atom is 0.330 e. The highest BCUT2D eigenvalue weighted by molar-refractivity contribution is 6.52. The van der Waals surface area contributed by atoms with Crippen LogP contribution in [0.25, 0.3) is 0 Å². The van der Waals surface area contributed by atoms with Crippen molar-refractivity contribution in [1.29, 1.82) is 0 Å². The number of hydroxylamine groups is 2. The van der Waals surface area contributed by atoms with E-state index in [1.807, 2.05) is 0 Å². The first kappa shape index (κ1) is 14.4. The molecule has 0 unspecified atom stereocenters. The van der Waals surface area contributed by atoms with E-state index in [1.165, 1.54) is 0 Å². The molecule has 1 aliphatic heterocycles. The number of rotatable bonds is 1. The lowest BCUT2D eigenvalue weighted by Gasteiger charge is -2.28. The van der Waals surface area contributed by atoms with E-state index < -0.39 is 39.4 Å². The SMILES string of the molecule is CC(=O)ON1C(=O)[C@H]2[C@H](C1=O)[C@]1(Cl)C[C@]2(Cl)C(Cl)=C1Cl. The highest BCUT2D eigenvalue weighted by atomic mass is 35.5. The average Bonchev–Trinajstić information content (AvgIpc) is 2.81. The highest BCUT2D eigenvalue weighted by Crippen LogP contribution is 2.69. The van der Waals surface area contributed by atoms with Gasteiger partial charge in [0.2, 0.25) is 0 Å². The molecule has 1 saturated heterocycles. The fourth-order valence-electron chi connectivity index (χ4n) is 3.17. The second kappa shape index (κ2) is 4.03. The summed E-state index contributed by atoms with van der Waals surface area (Å²) < 4.78 is 0. The summed E-state index contributed by atoms with van der Waals surface area (Å²) in [5.74, 6) is -4.21. The number of hydrogen-bond donors (Lipinski definition) is 0. The van der Waals surface area contributed by atoms with Gasteiger partial charge in [-0.15, -0.1) is 28.3 Å². The van der Waals surface area contributed by atoms with Gasteiger partial charge in [0.15, 0.2) is 0 Å². The largest absolute Gasteiger partial charge is 0.331 e. The molecule has 3 aliphatic rings. The van der Waals surface area contributed by atoms with Crippen LogP contribution in [0.15, 0.2) is 10.1 Å². The Kier molecular flexibility index (Phi) is 2.91. The molecule has 108 valence electrons. The zero-order valence-electron chi connectivity index (χ0n) is 9.95. The van der Waals surface area contributed by atoms with Crippen LogP contribution in [0.3, 0.4) is 0 Å². The summed E-state index contributed by atoms with van der Waals surface area (Å²) in [6.07, 6.45) is 0.0848. The molecule has 20 heavy (non-hydrogen) atoms. The standard InChI is InChI=1S/C11H7Cl4NO4/c1-3(17)20-16-8(18)4-5(9(16)19)11(15)2-10(4,14)6(12)7(11)13/h4-5H,2H2,1H3/t4-,5-,10-,11-/m1/s1. The molecular formula is C11H7Cl4NO4. The van der Waals surface area contributed by atoms with Crippen molar-refractivity contribution >= 4 is 64.2 Å². The van der Waals surface area contributed by atoms with E-state index in [1.54, 1.807) is 0 Å². The molecule has 0 aromatic carbocycles. The Hall–Kier alpha value is -0.490. The van der Waals surface area contributed by atoms with Crippen LogP contribution in [0.2, 0.25) is 0 Å². The maximum atomic E-state index is 12.3. The van der Waals surface area contributed by atoms with Gasteiger partial charge in [0.25, 0.3) is 11.8 Å². The van der Waals surface area contributed by atoms with E-state index in [4.69, 9.17) is 46.4 Å². The van der Waals surface area contributed by atoms with Gasteiger partial charge in [-0.25, -0.2) is 4.79 Å². The maximum absolute atomic E-state index is 12.3. The third-order valence-electron chi connectivity index (χ3n) is 3.91. The Bertz CT molecular complexity index is 563. The Labute approximate surface area is 133 Å². The van der Waals surface area contributed by atoms with Crippen molar-refractivity contribution in [3.8, 4) is 0 Å². The summed E-state index contributed by atoms with van der Waals surface area (Å²) in [4.78, 5) is 37.5. The predicted molar refractivity (Wildman–Crippen MR) is 71.1 cm³/mol. The second-order valence-electron chi connectivity index (χ2n) is 5.04. The summed E-state index contributed by atoms with van der Waals surface area (Å²) >= 11 is 24.9. The fraction of sp³-hybridized carbons (Fsp3) is 0.545. The summed E-state index contributed by atoms with van der Waals surface area (Å²) in [5, 5.41) is 0.552. The molecule has 0 spiro atoms. The zero-order chi connectivity index (χ0) is 15.0. The van der Waals surface area contributed by atoms with Crippen molar-refractivity contribution in [2.24, 2.45) is 11.8 Å². The van der Waals surface area contributed by atoms with Crippen molar-refractivity contribution < 1.29 is 19.2 Å². The van der Waals surface area contributed by atoms with Gasteiger partial charge in [-0.05, 0) is 6.42 Å². The number of hydrogen-bond acceptors (Lipinski definition) is 4. The van der Waals surface area contributed by atoms with Crippen LogP contribution >= 0.6 is 46.4 Å². The number of carbonyl (C=O) groups is 3. The number of carbonyl (C=O) groups excluding carboxylic acids is 3. The van der Waals surface area contributed by atoms with Gasteiger partial charge in [0.05, 0.1) is 31.6 Å². The smallest absolute Gasteiger partial charge is 0.330 e. The average molecular weight is 359 g/mol. The van der Waals surface area contributed by atoms with Gasteiger partial charge in [0.1, 0.15) is 0 Å². The van der Waals surface area contributed by atoms with Crippen LogP contribution in [-0.2, 0) is 19.2 Å². The lowest BCUT2D eigenvalue weighted by Crippen LogP contribution is -2.38. The van der Waals surface area contributed by atoms with Crippen molar-refractivity contribution in [1.82, 2.24) is 5.06 Å². The summed E-state index contributed by atoms with van der Waals surface area (Å²) in [6.45, 7) is 1.08. The van der Waals surface area contributed by atoms with Crippen molar-refractivity contribution in [2.45, 2.75) is 23.1 Å². The van der Waals surface area contributed by atoms with E-state index in [-0.39, 0.29) is 16.5 Å². The summed E-state index contributed by atoms with van der Waals surface area (Å²) in [7, 11) is 0. The molecule has 9 heteroatoms. The number of halogens is 4. The molecule has 0 aromatic heterocycles. The topological polar surface area (TPSA) is 63.7 Å². The predicted octanol–water partition coefficient (Wildman–Crippen LogP) is 2.13. The molecule has 2 bridgehead atoms. The van der Waals surface area contributed by atoms with Crippen molar-refractivity contribution in [3.05, 3.63) is 10.1 Å². The Morgan fingerprint density at radius 1 is 1.15 bits per heavy atom. The molecule has 3 rings (SSSR count). The van der Waals surface area contributed by atoms with Crippen molar-refractivity contribution in [2.75, 3.05) is 0 Å². The molecule has 4 atom stereocenters. The van der Waals surface area contributed by atoms with Crippen LogP contribution in [0.4, 0.5) is 0 Å². The van der Waals surface area contributed by atoms with Gasteiger partial charge < -0.3 is 4.84 Å². The summed E-state index contributed by atoms with van der Waals surface area (Å²) in [5.41, 5.74) is 0. The lowest BCUT2D eigenvalue weighted by atomic mass is 9.84. The monoisotopic (exact) mass is 357 g/mol. The second-order valence-corrected chi connectivity index (χ2v) is 7.14. The van der Waals surface area contributed by atoms with Crippen LogP contribution in [-0.4, -0.2) is 32.6 Å². The molecule has 0 aromatic rings. The Morgan fingerprint density at radius 3 is 1.90 bits per heavy atom. The number of fused-ring (bicyclic) bond motifs is 5. The van der Waals surface area contributed by atoms with Gasteiger partial charge in [0, 0.05) is 6.92 Å². The van der Waals surface area contributed by atoms with Gasteiger partial charge in [-0.2, -0.15) is 0 Å². The highest BCUT2D eigenvalue weighted by Gasteiger charge is 2.77. The quantitative estimate of drug-likeness (QED) is 0.532. The van der Waals surface area contributed by atoms with E-state index in [0.717, 1.165) is 6.92 Å². The molecule has 2 aliphatic carbocycles. The molecule has 1 saturated carbocycles. The van der Waals surface area contributed by atoms with Crippen LogP contribution < -0.4 is 0 Å². The summed E-state index contributed by atoms with van der Waals surface area (Å²) in [6, 6.07) is 0. The minimum atomic E-state index is -1.33. The van der Waals surface area contributed by atoms with Crippen LogP contribution in [0.1, 0.15) is 13.3 Å². The molecule has 2 fully saturated rings. The van der Waals surface area contributed by atoms with E-state index in [9.17, 15) is 14.4 Å². The third kappa shape index (κ3) is 1.44. The Morgan fingerprint density at radius 2 is 1.55 bits per heavy atom. The van der Waals surface area contributed by atoms with Gasteiger partial charge >= 0.3 is 5.97 Å². The number of alkyl halides is 2. The number of imide groups is 1. The van der Waals surface area contributed by atoms with E-state index in [0.29, 0.717) is 5.06 Å². The molecule has 5 nitrogen and oxygen atoms in total. The third-order valence-corrected chi connectivity index (χ3v) is 6.37. The Balaban J connectivity index is 2.10. The van der Waals surface area contributed by atoms with Crippen LogP contribution in [0.5, 0.6) is 0 Å². The first-order valence-corrected chi connectivity index (χ1v) is 7.16. The minimum absolute atomic E-state index is 0.0721. The van der Waals surface area contributed by atoms with Gasteiger partial charge in [-0.1, -0.05) is 23.2 Å². The number of nitrogens with zero attached hydrogens (tertiary/aromatic N) is 1. The van der Waals surface area contributed by atoms with Crippen LogP contribution in [0, 0.1) is 11.8 Å². The number of amides is 2. The number of allylic oxidation sites excluding steroid dienone is 2. The zero-order valence-corrected chi connectivity index (χ0v) is 13.0. The van der Waals surface area contributed by atoms with E-state index >= 15 is 0 Å². The lowest BCUT2D eigenvalue weighted by molar-refractivity contribution is -0.197. The first-order valence-electron chi connectivity index (χ1n) is 5.65. The molecule has 1 heterocycles. The van der Waals surface area contributed by atoms with Gasteiger partial charge in [-0.3, -0.25) is 9.59 Å². The normalized spacial score (nSPS) is 42.5. The molecular weight excluding hydrogens is 352 g/mol. The molecule has 0 radical (unpaired) electrons.